The summed E-state index contributed by atoms with van der Waals surface area (Å²) in [6, 6.07) is 9.55. The van der Waals surface area contributed by atoms with Crippen molar-refractivity contribution in [1.29, 1.82) is 0 Å². The number of rotatable bonds is 4. The molecular formula is C13H13BrO2S. The van der Waals surface area contributed by atoms with Crippen molar-refractivity contribution in [3.8, 4) is 5.75 Å². The molecule has 0 saturated heterocycles. The topological polar surface area (TPSA) is 29.5 Å². The van der Waals surface area contributed by atoms with Crippen LogP contribution >= 0.6 is 27.3 Å². The number of hydrogen-bond acceptors (Lipinski definition) is 3. The first-order chi connectivity index (χ1) is 8.16. The molecule has 1 atom stereocenters. The Kier molecular flexibility index (Phi) is 4.20. The minimum Gasteiger partial charge on any atom is -0.488 e. The molecule has 0 radical (unpaired) electrons. The van der Waals surface area contributed by atoms with Gasteiger partial charge in [-0.3, -0.25) is 0 Å². The van der Waals surface area contributed by atoms with E-state index in [-0.39, 0.29) is 0 Å². The summed E-state index contributed by atoms with van der Waals surface area (Å²) in [5.41, 5.74) is 0.868. The largest absolute Gasteiger partial charge is 0.488 e. The molecule has 0 unspecified atom stereocenters. The van der Waals surface area contributed by atoms with Gasteiger partial charge >= 0.3 is 0 Å². The lowest BCUT2D eigenvalue weighted by atomic mass is 10.1. The van der Waals surface area contributed by atoms with Gasteiger partial charge in [0.05, 0.1) is 11.0 Å². The van der Waals surface area contributed by atoms with Crippen molar-refractivity contribution in [2.75, 3.05) is 0 Å². The fraction of sp³-hybridized carbons (Fsp3) is 0.231. The highest BCUT2D eigenvalue weighted by atomic mass is 79.9. The van der Waals surface area contributed by atoms with Crippen molar-refractivity contribution >= 4 is 27.3 Å². The van der Waals surface area contributed by atoms with E-state index in [2.05, 4.69) is 15.9 Å². The molecular weight excluding hydrogens is 300 g/mol. The third kappa shape index (κ3) is 3.31. The third-order valence-corrected chi connectivity index (χ3v) is 4.30. The molecule has 0 bridgehead atoms. The average Bonchev–Trinajstić information content (AvgIpc) is 2.72. The maximum Gasteiger partial charge on any atom is 0.124 e. The number of hydrogen-bond donors (Lipinski definition) is 1. The van der Waals surface area contributed by atoms with Crippen molar-refractivity contribution in [1.82, 2.24) is 0 Å². The number of aliphatic hydroxyl groups is 1. The zero-order chi connectivity index (χ0) is 12.3. The second kappa shape index (κ2) is 5.67. The Labute approximate surface area is 113 Å². The van der Waals surface area contributed by atoms with E-state index in [1.165, 1.54) is 0 Å². The van der Waals surface area contributed by atoms with Gasteiger partial charge in [0.2, 0.25) is 0 Å². The van der Waals surface area contributed by atoms with Gasteiger partial charge in [-0.25, -0.2) is 0 Å². The molecule has 4 heteroatoms. The molecule has 0 saturated carbocycles. The Morgan fingerprint density at radius 1 is 1.41 bits per heavy atom. The highest BCUT2D eigenvalue weighted by molar-refractivity contribution is 9.10. The zero-order valence-electron chi connectivity index (χ0n) is 9.39. The third-order valence-electron chi connectivity index (χ3n) is 2.40. The monoisotopic (exact) mass is 312 g/mol. The van der Waals surface area contributed by atoms with Crippen LogP contribution in [0.2, 0.25) is 0 Å². The molecule has 90 valence electrons. The summed E-state index contributed by atoms with van der Waals surface area (Å²) in [6.45, 7) is 2.29. The number of benzene rings is 1. The van der Waals surface area contributed by atoms with E-state index in [9.17, 15) is 5.11 Å². The molecule has 0 aliphatic heterocycles. The standard InChI is InChI=1S/C13H13BrO2S/c1-9(15)10-3-2-4-11(7-10)16-8-13-12(14)5-6-17-13/h2-7,9,15H,8H2,1H3/t9-/m0/s1. The molecule has 0 spiro atoms. The van der Waals surface area contributed by atoms with Gasteiger partial charge in [-0.2, -0.15) is 0 Å². The molecule has 2 rings (SSSR count). The number of aliphatic hydroxyl groups excluding tert-OH is 1. The summed E-state index contributed by atoms with van der Waals surface area (Å²) in [4.78, 5) is 1.16. The first-order valence-electron chi connectivity index (χ1n) is 5.29. The predicted octanol–water partition coefficient (Wildman–Crippen LogP) is 4.14. The summed E-state index contributed by atoms with van der Waals surface area (Å²) in [5, 5.41) is 11.5. The SMILES string of the molecule is C[C@H](O)c1cccc(OCc2sccc2Br)c1. The lowest BCUT2D eigenvalue weighted by molar-refractivity contribution is 0.198. The molecule has 1 aromatic carbocycles. The number of ether oxygens (including phenoxy) is 1. The zero-order valence-corrected chi connectivity index (χ0v) is 11.8. The van der Waals surface area contributed by atoms with E-state index in [1.807, 2.05) is 35.7 Å². The quantitative estimate of drug-likeness (QED) is 0.919. The fourth-order valence-electron chi connectivity index (χ4n) is 1.44. The molecule has 0 amide bonds. The Morgan fingerprint density at radius 2 is 2.24 bits per heavy atom. The number of halogens is 1. The molecule has 1 heterocycles. The Bertz CT molecular complexity index is 494. The second-order valence-corrected chi connectivity index (χ2v) is 5.58. The maximum absolute atomic E-state index is 9.48. The molecule has 2 aromatic rings. The van der Waals surface area contributed by atoms with Gasteiger partial charge in [0.25, 0.3) is 0 Å². The minimum absolute atomic E-state index is 0.466. The molecule has 2 nitrogen and oxygen atoms in total. The molecule has 0 fully saturated rings. The number of thiophene rings is 1. The van der Waals surface area contributed by atoms with E-state index in [0.29, 0.717) is 6.61 Å². The molecule has 1 N–H and O–H groups in total. The van der Waals surface area contributed by atoms with Crippen LogP contribution in [0, 0.1) is 0 Å². The van der Waals surface area contributed by atoms with Gasteiger partial charge in [0.1, 0.15) is 12.4 Å². The van der Waals surface area contributed by atoms with Crippen LogP contribution in [-0.2, 0) is 6.61 Å². The van der Waals surface area contributed by atoms with Crippen molar-refractivity contribution < 1.29 is 9.84 Å². The Balaban J connectivity index is 2.04. The molecule has 0 aliphatic carbocycles. The van der Waals surface area contributed by atoms with Crippen LogP contribution in [0.3, 0.4) is 0 Å². The van der Waals surface area contributed by atoms with E-state index in [4.69, 9.17) is 4.74 Å². The fourth-order valence-corrected chi connectivity index (χ4v) is 2.82. The summed E-state index contributed by atoms with van der Waals surface area (Å²) in [5.74, 6) is 0.781. The summed E-state index contributed by atoms with van der Waals surface area (Å²) < 4.78 is 6.77. The van der Waals surface area contributed by atoms with Gasteiger partial charge in [-0.05, 0) is 52.0 Å². The van der Waals surface area contributed by atoms with Crippen molar-refractivity contribution in [3.05, 3.63) is 50.6 Å². The maximum atomic E-state index is 9.48. The minimum atomic E-state index is -0.466. The van der Waals surface area contributed by atoms with Crippen LogP contribution in [0.15, 0.2) is 40.2 Å². The van der Waals surface area contributed by atoms with Crippen molar-refractivity contribution in [3.63, 3.8) is 0 Å². The molecule has 17 heavy (non-hydrogen) atoms. The first-order valence-corrected chi connectivity index (χ1v) is 6.97. The first kappa shape index (κ1) is 12.6. The highest BCUT2D eigenvalue weighted by Crippen LogP contribution is 2.25. The van der Waals surface area contributed by atoms with Crippen molar-refractivity contribution in [2.45, 2.75) is 19.6 Å². The van der Waals surface area contributed by atoms with Crippen LogP contribution in [0.5, 0.6) is 5.75 Å². The average molecular weight is 313 g/mol. The van der Waals surface area contributed by atoms with Crippen LogP contribution < -0.4 is 4.74 Å². The van der Waals surface area contributed by atoms with E-state index in [0.717, 1.165) is 20.7 Å². The molecule has 1 aromatic heterocycles. The second-order valence-electron chi connectivity index (χ2n) is 3.73. The van der Waals surface area contributed by atoms with E-state index in [1.54, 1.807) is 18.3 Å². The van der Waals surface area contributed by atoms with Gasteiger partial charge in [-0.15, -0.1) is 11.3 Å². The Morgan fingerprint density at radius 3 is 2.88 bits per heavy atom. The van der Waals surface area contributed by atoms with Crippen LogP contribution in [-0.4, -0.2) is 5.11 Å². The van der Waals surface area contributed by atoms with Gasteiger partial charge < -0.3 is 9.84 Å². The van der Waals surface area contributed by atoms with Crippen LogP contribution in [0.25, 0.3) is 0 Å². The van der Waals surface area contributed by atoms with E-state index >= 15 is 0 Å². The molecule has 0 aliphatic rings. The summed E-state index contributed by atoms with van der Waals surface area (Å²) in [7, 11) is 0. The van der Waals surface area contributed by atoms with Gasteiger partial charge in [-0.1, -0.05) is 12.1 Å². The van der Waals surface area contributed by atoms with Crippen LogP contribution in [0.4, 0.5) is 0 Å². The van der Waals surface area contributed by atoms with Crippen molar-refractivity contribution in [2.24, 2.45) is 0 Å². The summed E-state index contributed by atoms with van der Waals surface area (Å²) >= 11 is 5.13. The van der Waals surface area contributed by atoms with Crippen LogP contribution in [0.1, 0.15) is 23.5 Å². The van der Waals surface area contributed by atoms with Gasteiger partial charge in [0, 0.05) is 4.47 Å². The van der Waals surface area contributed by atoms with E-state index < -0.39 is 6.10 Å². The lowest BCUT2D eigenvalue weighted by Gasteiger charge is -2.09. The van der Waals surface area contributed by atoms with Gasteiger partial charge in [0.15, 0.2) is 0 Å². The summed E-state index contributed by atoms with van der Waals surface area (Å²) in [6.07, 6.45) is -0.466. The highest BCUT2D eigenvalue weighted by Gasteiger charge is 2.04. The smallest absolute Gasteiger partial charge is 0.124 e. The normalized spacial score (nSPS) is 12.4. The Hall–Kier alpha value is -0.840. The lowest BCUT2D eigenvalue weighted by Crippen LogP contribution is -1.96. The predicted molar refractivity (Wildman–Crippen MR) is 73.4 cm³/mol.